The lowest BCUT2D eigenvalue weighted by atomic mass is 10.1. The predicted molar refractivity (Wildman–Crippen MR) is 74.7 cm³/mol. The molecule has 5 heteroatoms. The second-order valence-electron chi connectivity index (χ2n) is 4.04. The van der Waals surface area contributed by atoms with Crippen LogP contribution >= 0.6 is 11.6 Å². The van der Waals surface area contributed by atoms with E-state index in [1.165, 1.54) is 6.92 Å². The molecule has 0 saturated carbocycles. The van der Waals surface area contributed by atoms with E-state index >= 15 is 0 Å². The molecule has 0 heterocycles. The van der Waals surface area contributed by atoms with Gasteiger partial charge in [0.25, 0.3) is 0 Å². The van der Waals surface area contributed by atoms with Gasteiger partial charge in [-0.1, -0.05) is 0 Å². The van der Waals surface area contributed by atoms with Crippen molar-refractivity contribution in [3.05, 3.63) is 17.7 Å². The molecule has 0 radical (unpaired) electrons. The topological polar surface area (TPSA) is 44.8 Å². The lowest BCUT2D eigenvalue weighted by Crippen LogP contribution is -2.13. The summed E-state index contributed by atoms with van der Waals surface area (Å²) >= 11 is 5.98. The number of carbonyl (C=O) groups excluding carboxylic acids is 1. The number of hydrogen-bond donors (Lipinski definition) is 0. The number of Topliss-reactive ketones (excluding diaryl/α,β-unsaturated/α-hetero) is 1. The number of benzene rings is 1. The molecule has 0 fully saturated rings. The number of alkyl halides is 1. The molecular weight excluding hydrogens is 268 g/mol. The Balaban J connectivity index is 3.11. The molecule has 0 N–H and O–H groups in total. The third-order valence-electron chi connectivity index (χ3n) is 2.67. The van der Waals surface area contributed by atoms with Crippen molar-refractivity contribution in [1.29, 1.82) is 0 Å². The van der Waals surface area contributed by atoms with E-state index in [0.29, 0.717) is 30.3 Å². The van der Waals surface area contributed by atoms with Gasteiger partial charge >= 0.3 is 0 Å². The molecule has 4 nitrogen and oxygen atoms in total. The van der Waals surface area contributed by atoms with Crippen LogP contribution in [0.3, 0.4) is 0 Å². The van der Waals surface area contributed by atoms with Gasteiger partial charge in [0.2, 0.25) is 5.75 Å². The zero-order chi connectivity index (χ0) is 14.4. The van der Waals surface area contributed by atoms with Gasteiger partial charge in [0.15, 0.2) is 11.5 Å². The molecule has 0 aliphatic carbocycles. The third-order valence-corrected chi connectivity index (χ3v) is 3.13. The number of carbonyl (C=O) groups is 1. The van der Waals surface area contributed by atoms with Gasteiger partial charge in [-0.3, -0.25) is 4.79 Å². The van der Waals surface area contributed by atoms with Crippen molar-refractivity contribution in [2.24, 2.45) is 0 Å². The normalized spacial score (nSPS) is 11.8. The highest BCUT2D eigenvalue weighted by atomic mass is 35.5. The van der Waals surface area contributed by atoms with Crippen molar-refractivity contribution in [3.63, 3.8) is 0 Å². The van der Waals surface area contributed by atoms with Crippen molar-refractivity contribution in [3.8, 4) is 17.2 Å². The summed E-state index contributed by atoms with van der Waals surface area (Å²) in [7, 11) is 3.12. The maximum absolute atomic E-state index is 11.2. The second kappa shape index (κ2) is 7.24. The van der Waals surface area contributed by atoms with Crippen molar-refractivity contribution in [1.82, 2.24) is 0 Å². The van der Waals surface area contributed by atoms with Crippen LogP contribution in [0.2, 0.25) is 0 Å². The standard InChI is InChI=1S/C14H19ClO4/c1-5-19-14-12(17-3)7-10(8-13(14)18-4)6-11(15)9(2)16/h7-8,11H,5-6H2,1-4H3. The first-order chi connectivity index (χ1) is 9.03. The first kappa shape index (κ1) is 15.6. The molecule has 0 aliphatic heterocycles. The smallest absolute Gasteiger partial charge is 0.203 e. The fourth-order valence-corrected chi connectivity index (χ4v) is 1.87. The van der Waals surface area contributed by atoms with E-state index in [-0.39, 0.29) is 5.78 Å². The zero-order valence-corrected chi connectivity index (χ0v) is 12.4. The maximum Gasteiger partial charge on any atom is 0.203 e. The monoisotopic (exact) mass is 286 g/mol. The van der Waals surface area contributed by atoms with Crippen molar-refractivity contribution >= 4 is 17.4 Å². The van der Waals surface area contributed by atoms with Gasteiger partial charge < -0.3 is 14.2 Å². The molecule has 0 aliphatic rings. The van der Waals surface area contributed by atoms with Gasteiger partial charge in [-0.15, -0.1) is 11.6 Å². The second-order valence-corrected chi connectivity index (χ2v) is 4.57. The summed E-state index contributed by atoms with van der Waals surface area (Å²) in [5.41, 5.74) is 0.868. The van der Waals surface area contributed by atoms with Gasteiger partial charge in [0.1, 0.15) is 5.78 Å². The largest absolute Gasteiger partial charge is 0.493 e. The highest BCUT2D eigenvalue weighted by Crippen LogP contribution is 2.39. The first-order valence-corrected chi connectivity index (χ1v) is 6.49. The summed E-state index contributed by atoms with van der Waals surface area (Å²) in [6, 6.07) is 3.62. The molecular formula is C14H19ClO4. The van der Waals surface area contributed by atoms with E-state index in [9.17, 15) is 4.79 Å². The lowest BCUT2D eigenvalue weighted by Gasteiger charge is -2.16. The molecule has 1 unspecified atom stereocenters. The van der Waals surface area contributed by atoms with E-state index in [4.69, 9.17) is 25.8 Å². The molecule has 1 aromatic carbocycles. The Labute approximate surface area is 118 Å². The highest BCUT2D eigenvalue weighted by molar-refractivity contribution is 6.30. The molecule has 19 heavy (non-hydrogen) atoms. The van der Waals surface area contributed by atoms with Gasteiger partial charge in [-0.25, -0.2) is 0 Å². The Kier molecular flexibility index (Phi) is 5.96. The minimum atomic E-state index is -0.549. The molecule has 0 spiro atoms. The lowest BCUT2D eigenvalue weighted by molar-refractivity contribution is -0.116. The molecule has 106 valence electrons. The molecule has 0 saturated heterocycles. The maximum atomic E-state index is 11.2. The SMILES string of the molecule is CCOc1c(OC)cc(CC(Cl)C(C)=O)cc1OC. The Hall–Kier alpha value is -1.42. The minimum Gasteiger partial charge on any atom is -0.493 e. The van der Waals surface area contributed by atoms with E-state index in [1.807, 2.05) is 19.1 Å². The number of halogens is 1. The zero-order valence-electron chi connectivity index (χ0n) is 11.7. The summed E-state index contributed by atoms with van der Waals surface area (Å²) in [4.78, 5) is 11.2. The molecule has 1 atom stereocenters. The fourth-order valence-electron chi connectivity index (χ4n) is 1.69. The molecule has 1 rings (SSSR count). The van der Waals surface area contributed by atoms with Crippen molar-refractivity contribution in [2.45, 2.75) is 25.6 Å². The minimum absolute atomic E-state index is 0.0616. The Morgan fingerprint density at radius 2 is 1.79 bits per heavy atom. The van der Waals surface area contributed by atoms with E-state index in [1.54, 1.807) is 14.2 Å². The molecule has 0 amide bonds. The summed E-state index contributed by atoms with van der Waals surface area (Å²) in [6.45, 7) is 3.87. The summed E-state index contributed by atoms with van der Waals surface area (Å²) < 4.78 is 16.1. The molecule has 1 aromatic rings. The van der Waals surface area contributed by atoms with Gasteiger partial charge in [-0.05, 0) is 38.0 Å². The predicted octanol–water partition coefficient (Wildman–Crippen LogP) is 2.84. The number of ether oxygens (including phenoxy) is 3. The van der Waals surface area contributed by atoms with E-state index in [0.717, 1.165) is 5.56 Å². The van der Waals surface area contributed by atoms with Crippen LogP contribution in [-0.4, -0.2) is 32.0 Å². The van der Waals surface area contributed by atoms with E-state index in [2.05, 4.69) is 0 Å². The van der Waals surface area contributed by atoms with Crippen molar-refractivity contribution < 1.29 is 19.0 Å². The van der Waals surface area contributed by atoms with Crippen LogP contribution in [-0.2, 0) is 11.2 Å². The average molecular weight is 287 g/mol. The number of hydrogen-bond acceptors (Lipinski definition) is 4. The van der Waals surface area contributed by atoms with Gasteiger partial charge in [0.05, 0.1) is 26.2 Å². The van der Waals surface area contributed by atoms with Crippen LogP contribution in [0, 0.1) is 0 Å². The van der Waals surface area contributed by atoms with Gasteiger partial charge in [0, 0.05) is 0 Å². The van der Waals surface area contributed by atoms with Crippen molar-refractivity contribution in [2.75, 3.05) is 20.8 Å². The van der Waals surface area contributed by atoms with Crippen LogP contribution in [0.4, 0.5) is 0 Å². The first-order valence-electron chi connectivity index (χ1n) is 6.05. The Morgan fingerprint density at radius 3 is 2.16 bits per heavy atom. The third kappa shape index (κ3) is 4.03. The summed E-state index contributed by atoms with van der Waals surface area (Å²) in [5, 5.41) is -0.549. The van der Waals surface area contributed by atoms with Crippen LogP contribution in [0.25, 0.3) is 0 Å². The number of methoxy groups -OCH3 is 2. The van der Waals surface area contributed by atoms with Crippen LogP contribution in [0.15, 0.2) is 12.1 Å². The number of rotatable bonds is 7. The Morgan fingerprint density at radius 1 is 1.26 bits per heavy atom. The van der Waals surface area contributed by atoms with E-state index < -0.39 is 5.38 Å². The summed E-state index contributed by atoms with van der Waals surface area (Å²) in [5.74, 6) is 1.64. The van der Waals surface area contributed by atoms with Gasteiger partial charge in [-0.2, -0.15) is 0 Å². The molecule has 0 bridgehead atoms. The highest BCUT2D eigenvalue weighted by Gasteiger charge is 2.17. The fraction of sp³-hybridized carbons (Fsp3) is 0.500. The van der Waals surface area contributed by atoms with Crippen LogP contribution in [0.1, 0.15) is 19.4 Å². The number of ketones is 1. The quantitative estimate of drug-likeness (QED) is 0.723. The van der Waals surface area contributed by atoms with Crippen LogP contribution in [0.5, 0.6) is 17.2 Å². The summed E-state index contributed by atoms with van der Waals surface area (Å²) in [6.07, 6.45) is 0.427. The van der Waals surface area contributed by atoms with Crippen LogP contribution < -0.4 is 14.2 Å². The Bertz CT molecular complexity index is 420. The molecule has 0 aromatic heterocycles. The average Bonchev–Trinajstić information content (AvgIpc) is 2.39.